The number of nitrogens with zero attached hydrogens (tertiary/aromatic N) is 1. The Morgan fingerprint density at radius 1 is 0.857 bits per heavy atom. The highest BCUT2D eigenvalue weighted by Crippen LogP contribution is 2.34. The van der Waals surface area contributed by atoms with Crippen molar-refractivity contribution in [3.63, 3.8) is 0 Å². The van der Waals surface area contributed by atoms with E-state index in [1.165, 1.54) is 12.7 Å². The molecule has 3 aromatic rings. The quantitative estimate of drug-likeness (QED) is 0.297. The molecule has 6 heteroatoms. The Kier molecular flexibility index (Phi) is 8.57. The maximum absolute atomic E-state index is 10.4. The Morgan fingerprint density at radius 3 is 1.97 bits per heavy atom. The molecule has 0 aliphatic carbocycles. The number of H-pyrrole nitrogens is 1. The highest BCUT2D eigenvalue weighted by atomic mass is 16.5. The van der Waals surface area contributed by atoms with Gasteiger partial charge >= 0.3 is 0 Å². The summed E-state index contributed by atoms with van der Waals surface area (Å²) >= 11 is 0. The van der Waals surface area contributed by atoms with Crippen molar-refractivity contribution in [2.75, 3.05) is 14.2 Å². The standard InChI is InChI=1S/C29H32N2O4/c1-6-7-22-14-20(16-26(34-4)28(22)32)9-12-24-18-25(31-30-24)13-10-21-15-23(11-8-19(2)3)29(33)27(17-21)35-5/h6,8-10,12-18,32-33H,1,7,11H2,2-5H3,(H,30,31)/b12-9+,13-10+. The van der Waals surface area contributed by atoms with Crippen LogP contribution in [0, 0.1) is 0 Å². The van der Waals surface area contributed by atoms with E-state index >= 15 is 0 Å². The number of hydrogen-bond acceptors (Lipinski definition) is 5. The zero-order chi connectivity index (χ0) is 25.4. The average molecular weight is 473 g/mol. The minimum absolute atomic E-state index is 0.131. The minimum Gasteiger partial charge on any atom is -0.504 e. The van der Waals surface area contributed by atoms with Crippen LogP contribution in [0.4, 0.5) is 0 Å². The van der Waals surface area contributed by atoms with Crippen molar-refractivity contribution in [3.05, 3.63) is 88.3 Å². The van der Waals surface area contributed by atoms with Crippen molar-refractivity contribution < 1.29 is 19.7 Å². The number of hydrogen-bond donors (Lipinski definition) is 3. The minimum atomic E-state index is 0.131. The van der Waals surface area contributed by atoms with Crippen LogP contribution in [-0.4, -0.2) is 34.6 Å². The summed E-state index contributed by atoms with van der Waals surface area (Å²) in [4.78, 5) is 0. The van der Waals surface area contributed by atoms with Crippen LogP contribution in [0.5, 0.6) is 23.0 Å². The summed E-state index contributed by atoms with van der Waals surface area (Å²) < 4.78 is 10.6. The fourth-order valence-corrected chi connectivity index (χ4v) is 3.55. The molecule has 0 saturated carbocycles. The molecule has 35 heavy (non-hydrogen) atoms. The molecule has 0 spiro atoms. The van der Waals surface area contributed by atoms with E-state index in [0.717, 1.165) is 33.6 Å². The maximum Gasteiger partial charge on any atom is 0.161 e. The largest absolute Gasteiger partial charge is 0.504 e. The van der Waals surface area contributed by atoms with Gasteiger partial charge in [0.15, 0.2) is 23.0 Å². The topological polar surface area (TPSA) is 87.6 Å². The van der Waals surface area contributed by atoms with Crippen molar-refractivity contribution in [2.45, 2.75) is 26.7 Å². The van der Waals surface area contributed by atoms with Crippen molar-refractivity contribution >= 4 is 24.3 Å². The molecule has 0 atom stereocenters. The van der Waals surface area contributed by atoms with Crippen LogP contribution < -0.4 is 9.47 Å². The fraction of sp³-hybridized carbons (Fsp3) is 0.207. The number of benzene rings is 2. The Hall–Kier alpha value is -4.19. The van der Waals surface area contributed by atoms with Gasteiger partial charge in [0.2, 0.25) is 0 Å². The third kappa shape index (κ3) is 6.67. The third-order valence-corrected chi connectivity index (χ3v) is 5.41. The van der Waals surface area contributed by atoms with Gasteiger partial charge in [-0.25, -0.2) is 0 Å². The molecule has 0 unspecified atom stereocenters. The molecule has 0 aliphatic rings. The van der Waals surface area contributed by atoms with Crippen molar-refractivity contribution in [1.82, 2.24) is 10.2 Å². The number of ether oxygens (including phenoxy) is 2. The molecule has 0 amide bonds. The van der Waals surface area contributed by atoms with Gasteiger partial charge in [0.25, 0.3) is 0 Å². The Balaban J connectivity index is 1.80. The van der Waals surface area contributed by atoms with Crippen LogP contribution in [0.3, 0.4) is 0 Å². The van der Waals surface area contributed by atoms with Gasteiger partial charge in [-0.15, -0.1) is 6.58 Å². The second kappa shape index (κ2) is 11.8. The highest BCUT2D eigenvalue weighted by molar-refractivity contribution is 5.74. The first kappa shape index (κ1) is 25.4. The highest BCUT2D eigenvalue weighted by Gasteiger charge is 2.10. The van der Waals surface area contributed by atoms with Gasteiger partial charge < -0.3 is 19.7 Å². The lowest BCUT2D eigenvalue weighted by Gasteiger charge is -2.09. The smallest absolute Gasteiger partial charge is 0.161 e. The number of rotatable bonds is 10. The lowest BCUT2D eigenvalue weighted by atomic mass is 10.0. The summed E-state index contributed by atoms with van der Waals surface area (Å²) in [6.45, 7) is 7.80. The third-order valence-electron chi connectivity index (χ3n) is 5.41. The van der Waals surface area contributed by atoms with Crippen LogP contribution in [0.15, 0.2) is 54.6 Å². The van der Waals surface area contributed by atoms with Gasteiger partial charge in [0.1, 0.15) is 0 Å². The average Bonchev–Trinajstić information content (AvgIpc) is 3.30. The van der Waals surface area contributed by atoms with Crippen LogP contribution >= 0.6 is 0 Å². The van der Waals surface area contributed by atoms with E-state index in [4.69, 9.17) is 9.47 Å². The number of methoxy groups -OCH3 is 2. The Bertz CT molecular complexity index is 1280. The number of phenolic OH excluding ortho intramolecular Hbond substituents is 2. The molecule has 1 aromatic heterocycles. The number of nitrogens with one attached hydrogen (secondary N) is 1. The van der Waals surface area contributed by atoms with Crippen LogP contribution in [0.1, 0.15) is 47.5 Å². The Labute approximate surface area is 206 Å². The Morgan fingerprint density at radius 2 is 1.43 bits per heavy atom. The van der Waals surface area contributed by atoms with E-state index in [-0.39, 0.29) is 11.5 Å². The zero-order valence-corrected chi connectivity index (χ0v) is 20.6. The van der Waals surface area contributed by atoms with E-state index < -0.39 is 0 Å². The maximum atomic E-state index is 10.4. The summed E-state index contributed by atoms with van der Waals surface area (Å²) in [7, 11) is 3.07. The van der Waals surface area contributed by atoms with E-state index in [2.05, 4.69) is 22.9 Å². The van der Waals surface area contributed by atoms with Crippen molar-refractivity contribution in [3.8, 4) is 23.0 Å². The predicted octanol–water partition coefficient (Wildman–Crippen LogP) is 6.42. The molecule has 6 nitrogen and oxygen atoms in total. The van der Waals surface area contributed by atoms with Gasteiger partial charge in [-0.1, -0.05) is 29.9 Å². The van der Waals surface area contributed by atoms with Gasteiger partial charge in [0.05, 0.1) is 25.6 Å². The summed E-state index contributed by atoms with van der Waals surface area (Å²) in [5, 5.41) is 28.1. The van der Waals surface area contributed by atoms with Crippen LogP contribution in [0.2, 0.25) is 0 Å². The molecule has 0 radical (unpaired) electrons. The predicted molar refractivity (Wildman–Crippen MR) is 143 cm³/mol. The summed E-state index contributed by atoms with van der Waals surface area (Å²) in [6.07, 6.45) is 12.6. The normalized spacial score (nSPS) is 11.2. The van der Waals surface area contributed by atoms with Crippen molar-refractivity contribution in [2.24, 2.45) is 0 Å². The molecule has 3 rings (SSSR count). The number of aromatic amines is 1. The number of phenols is 2. The first-order chi connectivity index (χ1) is 16.8. The van der Waals surface area contributed by atoms with Gasteiger partial charge in [-0.05, 0) is 80.3 Å². The van der Waals surface area contributed by atoms with E-state index in [1.807, 2.05) is 56.4 Å². The molecule has 3 N–H and O–H groups in total. The van der Waals surface area contributed by atoms with Crippen LogP contribution in [-0.2, 0) is 12.8 Å². The molecule has 0 fully saturated rings. The molecule has 0 bridgehead atoms. The van der Waals surface area contributed by atoms with Gasteiger partial charge in [0, 0.05) is 11.1 Å². The number of aromatic hydroxyl groups is 2. The van der Waals surface area contributed by atoms with Crippen LogP contribution in [0.25, 0.3) is 24.3 Å². The zero-order valence-electron chi connectivity index (χ0n) is 20.6. The molecular weight excluding hydrogens is 440 g/mol. The second-order valence-electron chi connectivity index (χ2n) is 8.36. The van der Waals surface area contributed by atoms with Gasteiger partial charge in [-0.2, -0.15) is 5.10 Å². The first-order valence-electron chi connectivity index (χ1n) is 11.3. The number of allylic oxidation sites excluding steroid dienone is 3. The number of aromatic nitrogens is 2. The van der Waals surface area contributed by atoms with Crippen molar-refractivity contribution in [1.29, 1.82) is 0 Å². The fourth-order valence-electron chi connectivity index (χ4n) is 3.55. The first-order valence-corrected chi connectivity index (χ1v) is 11.3. The summed E-state index contributed by atoms with van der Waals surface area (Å²) in [5.41, 5.74) is 6.13. The molecule has 2 aromatic carbocycles. The molecule has 1 heterocycles. The lowest BCUT2D eigenvalue weighted by Crippen LogP contribution is -1.91. The molecule has 0 saturated heterocycles. The molecular formula is C29H32N2O4. The second-order valence-corrected chi connectivity index (χ2v) is 8.36. The summed E-state index contributed by atoms with van der Waals surface area (Å²) in [6, 6.07) is 9.35. The lowest BCUT2D eigenvalue weighted by molar-refractivity contribution is 0.371. The monoisotopic (exact) mass is 472 g/mol. The van der Waals surface area contributed by atoms with E-state index in [9.17, 15) is 10.2 Å². The van der Waals surface area contributed by atoms with E-state index in [0.29, 0.717) is 24.3 Å². The summed E-state index contributed by atoms with van der Waals surface area (Å²) in [5.74, 6) is 1.16. The SMILES string of the molecule is C=CCc1cc(/C=C/c2cc(/C=C/c3cc(CC=C(C)C)c(O)c(OC)c3)[nH]n2)cc(OC)c1O. The molecule has 0 aliphatic heterocycles. The van der Waals surface area contributed by atoms with Gasteiger partial charge in [-0.3, -0.25) is 5.10 Å². The molecule has 182 valence electrons. The van der Waals surface area contributed by atoms with E-state index in [1.54, 1.807) is 25.3 Å².